The van der Waals surface area contributed by atoms with Crippen molar-refractivity contribution < 1.29 is 14.4 Å². The minimum Gasteiger partial charge on any atom is -0.497 e. The Bertz CT molecular complexity index is 598. The molecule has 1 aromatic carbocycles. The standard InChI is InChI=1S/C21H31N3O2/c1-26-20-11-9-15(10-12-20)22-21(25)23-16-13-18-7-4-8-19(14-16)24(18)17-5-2-3-6-17/h9-12,16-19H,2-8,13-14H2,1H3,(H2,22,23,25)/p+1/t16?,18-,19+. The van der Waals surface area contributed by atoms with Gasteiger partial charge in [0.25, 0.3) is 0 Å². The SMILES string of the molecule is COc1ccc(NC(=O)NC2C[C@H]3CCC[C@@H](C2)[NH+]3C2CCCC2)cc1. The van der Waals surface area contributed by atoms with Crippen molar-refractivity contribution in [3.8, 4) is 5.75 Å². The quantitative estimate of drug-likeness (QED) is 0.775. The second-order valence-electron chi connectivity index (χ2n) is 8.30. The third-order valence-electron chi connectivity index (χ3n) is 6.70. The average molecular weight is 359 g/mol. The van der Waals surface area contributed by atoms with Gasteiger partial charge in [-0.1, -0.05) is 0 Å². The number of methoxy groups -OCH3 is 1. The first kappa shape index (κ1) is 17.7. The Kier molecular flexibility index (Phi) is 5.34. The van der Waals surface area contributed by atoms with Crippen molar-refractivity contribution in [3.05, 3.63) is 24.3 Å². The van der Waals surface area contributed by atoms with Gasteiger partial charge in [-0.05, 0) is 69.2 Å². The molecular formula is C21H32N3O2+. The van der Waals surface area contributed by atoms with E-state index in [2.05, 4.69) is 10.6 Å². The molecule has 0 aromatic heterocycles. The number of rotatable bonds is 4. The molecule has 2 aliphatic heterocycles. The summed E-state index contributed by atoms with van der Waals surface area (Å²) in [7, 11) is 1.64. The van der Waals surface area contributed by atoms with Gasteiger partial charge in [0.05, 0.1) is 25.2 Å². The summed E-state index contributed by atoms with van der Waals surface area (Å²) in [6, 6.07) is 10.1. The van der Waals surface area contributed by atoms with Gasteiger partial charge in [0, 0.05) is 24.6 Å². The number of benzene rings is 1. The van der Waals surface area contributed by atoms with E-state index in [-0.39, 0.29) is 6.03 Å². The summed E-state index contributed by atoms with van der Waals surface area (Å²) in [6.45, 7) is 0. The lowest BCUT2D eigenvalue weighted by atomic mass is 9.80. The fraction of sp³-hybridized carbons (Fsp3) is 0.667. The number of hydrogen-bond donors (Lipinski definition) is 3. The van der Waals surface area contributed by atoms with Crippen LogP contribution >= 0.6 is 0 Å². The van der Waals surface area contributed by atoms with Gasteiger partial charge in [0.2, 0.25) is 0 Å². The van der Waals surface area contributed by atoms with Crippen LogP contribution in [0.3, 0.4) is 0 Å². The zero-order valence-electron chi connectivity index (χ0n) is 15.8. The van der Waals surface area contributed by atoms with Gasteiger partial charge in [-0.15, -0.1) is 0 Å². The molecule has 142 valence electrons. The summed E-state index contributed by atoms with van der Waals surface area (Å²) < 4.78 is 5.16. The van der Waals surface area contributed by atoms with E-state index in [1.54, 1.807) is 7.11 Å². The van der Waals surface area contributed by atoms with Gasteiger partial charge in [0.1, 0.15) is 5.75 Å². The van der Waals surface area contributed by atoms with E-state index >= 15 is 0 Å². The first-order chi connectivity index (χ1) is 12.7. The number of piperidine rings is 2. The molecular weight excluding hydrogens is 326 g/mol. The van der Waals surface area contributed by atoms with Crippen LogP contribution in [0.2, 0.25) is 0 Å². The Hall–Kier alpha value is -1.75. The molecule has 2 heterocycles. The van der Waals surface area contributed by atoms with Crippen LogP contribution in [0.5, 0.6) is 5.75 Å². The highest BCUT2D eigenvalue weighted by Gasteiger charge is 2.46. The smallest absolute Gasteiger partial charge is 0.319 e. The van der Waals surface area contributed by atoms with Gasteiger partial charge >= 0.3 is 6.03 Å². The molecule has 26 heavy (non-hydrogen) atoms. The highest BCUT2D eigenvalue weighted by atomic mass is 16.5. The van der Waals surface area contributed by atoms with Gasteiger partial charge in [-0.25, -0.2) is 4.79 Å². The lowest BCUT2D eigenvalue weighted by molar-refractivity contribution is -0.982. The minimum absolute atomic E-state index is 0.0810. The summed E-state index contributed by atoms with van der Waals surface area (Å²) in [4.78, 5) is 14.3. The van der Waals surface area contributed by atoms with Gasteiger partial charge in [-0.3, -0.25) is 0 Å². The number of fused-ring (bicyclic) bond motifs is 2. The number of nitrogens with one attached hydrogen (secondary N) is 3. The highest BCUT2D eigenvalue weighted by molar-refractivity contribution is 5.89. The maximum absolute atomic E-state index is 12.4. The normalized spacial score (nSPS) is 31.4. The van der Waals surface area contributed by atoms with E-state index in [0.29, 0.717) is 6.04 Å². The number of ether oxygens (including phenoxy) is 1. The van der Waals surface area contributed by atoms with E-state index in [1.807, 2.05) is 29.2 Å². The Balaban J connectivity index is 1.33. The molecule has 1 saturated carbocycles. The molecule has 5 heteroatoms. The number of carbonyl (C=O) groups is 1. The molecule has 2 unspecified atom stereocenters. The van der Waals surface area contributed by atoms with Crippen molar-refractivity contribution in [2.24, 2.45) is 0 Å². The largest absolute Gasteiger partial charge is 0.497 e. The molecule has 3 aliphatic rings. The Morgan fingerprint density at radius 1 is 0.962 bits per heavy atom. The summed E-state index contributed by atoms with van der Waals surface area (Å²) >= 11 is 0. The molecule has 3 fully saturated rings. The second-order valence-corrected chi connectivity index (χ2v) is 8.30. The van der Waals surface area contributed by atoms with Crippen molar-refractivity contribution in [1.82, 2.24) is 5.32 Å². The highest BCUT2D eigenvalue weighted by Crippen LogP contribution is 2.26. The first-order valence-corrected chi connectivity index (χ1v) is 10.3. The van der Waals surface area contributed by atoms with Crippen LogP contribution in [-0.4, -0.2) is 37.3 Å². The van der Waals surface area contributed by atoms with E-state index in [9.17, 15) is 4.79 Å². The third-order valence-corrected chi connectivity index (χ3v) is 6.70. The molecule has 4 atom stereocenters. The summed E-state index contributed by atoms with van der Waals surface area (Å²) in [6.07, 6.45) is 12.0. The zero-order valence-corrected chi connectivity index (χ0v) is 15.8. The van der Waals surface area contributed by atoms with Crippen molar-refractivity contribution in [2.75, 3.05) is 12.4 Å². The summed E-state index contributed by atoms with van der Waals surface area (Å²) in [5.74, 6) is 0.797. The van der Waals surface area contributed by atoms with Crippen LogP contribution in [0.25, 0.3) is 0 Å². The molecule has 1 aliphatic carbocycles. The topological polar surface area (TPSA) is 54.8 Å². The first-order valence-electron chi connectivity index (χ1n) is 10.3. The van der Waals surface area contributed by atoms with Crippen molar-refractivity contribution in [2.45, 2.75) is 82.0 Å². The van der Waals surface area contributed by atoms with Crippen LogP contribution in [0.1, 0.15) is 57.8 Å². The van der Waals surface area contributed by atoms with Gasteiger partial charge in [-0.2, -0.15) is 0 Å². The molecule has 0 spiro atoms. The molecule has 0 radical (unpaired) electrons. The summed E-state index contributed by atoms with van der Waals surface area (Å²) in [5.41, 5.74) is 0.803. The lowest BCUT2D eigenvalue weighted by Gasteiger charge is -2.48. The minimum atomic E-state index is -0.0810. The van der Waals surface area contributed by atoms with Crippen molar-refractivity contribution in [3.63, 3.8) is 0 Å². The van der Waals surface area contributed by atoms with E-state index in [1.165, 1.54) is 44.9 Å². The van der Waals surface area contributed by atoms with Crippen molar-refractivity contribution in [1.29, 1.82) is 0 Å². The number of anilines is 1. The molecule has 3 N–H and O–H groups in total. The molecule has 4 rings (SSSR count). The van der Waals surface area contributed by atoms with E-state index in [0.717, 1.165) is 42.4 Å². The predicted molar refractivity (Wildman–Crippen MR) is 103 cm³/mol. The molecule has 1 aromatic rings. The van der Waals surface area contributed by atoms with Gasteiger partial charge in [0.15, 0.2) is 0 Å². The maximum Gasteiger partial charge on any atom is 0.319 e. The van der Waals surface area contributed by atoms with Gasteiger partial charge < -0.3 is 20.3 Å². The monoisotopic (exact) mass is 358 g/mol. The van der Waals surface area contributed by atoms with Crippen LogP contribution in [0.15, 0.2) is 24.3 Å². The van der Waals surface area contributed by atoms with Crippen LogP contribution < -0.4 is 20.3 Å². The molecule has 2 amide bonds. The van der Waals surface area contributed by atoms with Crippen LogP contribution in [-0.2, 0) is 0 Å². The number of amides is 2. The molecule has 2 saturated heterocycles. The number of carbonyl (C=O) groups excluding carboxylic acids is 1. The maximum atomic E-state index is 12.4. The lowest BCUT2D eigenvalue weighted by Crippen LogP contribution is -3.24. The number of hydrogen-bond acceptors (Lipinski definition) is 2. The third kappa shape index (κ3) is 3.83. The Labute approximate surface area is 156 Å². The summed E-state index contributed by atoms with van der Waals surface area (Å²) in [5, 5.41) is 6.20. The fourth-order valence-corrected chi connectivity index (χ4v) is 5.64. The number of quaternary nitrogens is 1. The van der Waals surface area contributed by atoms with Crippen LogP contribution in [0.4, 0.5) is 10.5 Å². The van der Waals surface area contributed by atoms with Crippen LogP contribution in [0, 0.1) is 0 Å². The van der Waals surface area contributed by atoms with E-state index in [4.69, 9.17) is 4.74 Å². The predicted octanol–water partition coefficient (Wildman–Crippen LogP) is 2.73. The Morgan fingerprint density at radius 3 is 2.19 bits per heavy atom. The average Bonchev–Trinajstić information content (AvgIpc) is 3.16. The van der Waals surface area contributed by atoms with Crippen molar-refractivity contribution >= 4 is 11.7 Å². The van der Waals surface area contributed by atoms with E-state index < -0.39 is 0 Å². The molecule has 5 nitrogen and oxygen atoms in total. The molecule has 2 bridgehead atoms. The fourth-order valence-electron chi connectivity index (χ4n) is 5.64. The zero-order chi connectivity index (χ0) is 17.9. The Morgan fingerprint density at radius 2 is 1.58 bits per heavy atom. The number of urea groups is 1. The second kappa shape index (κ2) is 7.87.